The average molecular weight is 457 g/mol. The van der Waals surface area contributed by atoms with Crippen LogP contribution in [0.3, 0.4) is 0 Å². The molecule has 6 nitrogen and oxygen atoms in total. The Kier molecular flexibility index (Phi) is 5.60. The summed E-state index contributed by atoms with van der Waals surface area (Å²) in [5.74, 6) is 2.13. The second kappa shape index (κ2) is 8.90. The number of amides is 2. The van der Waals surface area contributed by atoms with E-state index in [-0.39, 0.29) is 5.91 Å². The molecule has 5 heterocycles. The van der Waals surface area contributed by atoms with Crippen molar-refractivity contribution in [1.82, 2.24) is 14.8 Å². The third-order valence-electron chi connectivity index (χ3n) is 8.14. The van der Waals surface area contributed by atoms with Gasteiger partial charge in [-0.1, -0.05) is 36.4 Å². The SMILES string of the molecule is O=C(c1cccnc1N1CC2CC(C1)[C@H]1CCCC(=O)N1C2)N1CC=C(c2ccccc2)CC1. The van der Waals surface area contributed by atoms with E-state index in [1.165, 1.54) is 17.6 Å². The molecule has 176 valence electrons. The van der Waals surface area contributed by atoms with Gasteiger partial charge in [0.15, 0.2) is 0 Å². The molecule has 6 heteroatoms. The molecule has 4 aliphatic rings. The summed E-state index contributed by atoms with van der Waals surface area (Å²) in [5.41, 5.74) is 3.26. The summed E-state index contributed by atoms with van der Waals surface area (Å²) in [4.78, 5) is 37.2. The number of rotatable bonds is 3. The third kappa shape index (κ3) is 3.89. The smallest absolute Gasteiger partial charge is 0.257 e. The lowest BCUT2D eigenvalue weighted by atomic mass is 9.76. The van der Waals surface area contributed by atoms with E-state index in [1.54, 1.807) is 6.20 Å². The molecule has 0 spiro atoms. The molecule has 1 aromatic carbocycles. The van der Waals surface area contributed by atoms with Gasteiger partial charge in [-0.05, 0) is 60.8 Å². The van der Waals surface area contributed by atoms with Crippen molar-refractivity contribution < 1.29 is 9.59 Å². The van der Waals surface area contributed by atoms with E-state index in [0.29, 0.717) is 42.3 Å². The second-order valence-corrected chi connectivity index (χ2v) is 10.2. The lowest BCUT2D eigenvalue weighted by molar-refractivity contribution is -0.142. The normalized spacial score (nSPS) is 26.7. The van der Waals surface area contributed by atoms with Gasteiger partial charge in [-0.2, -0.15) is 0 Å². The highest BCUT2D eigenvalue weighted by atomic mass is 16.2. The van der Waals surface area contributed by atoms with Crippen LogP contribution in [0.5, 0.6) is 0 Å². The number of hydrogen-bond acceptors (Lipinski definition) is 4. The Morgan fingerprint density at radius 1 is 1.00 bits per heavy atom. The number of carbonyl (C=O) groups excluding carboxylic acids is 2. The van der Waals surface area contributed by atoms with Gasteiger partial charge in [0.2, 0.25) is 5.91 Å². The minimum absolute atomic E-state index is 0.0664. The van der Waals surface area contributed by atoms with E-state index in [0.717, 1.165) is 51.3 Å². The Morgan fingerprint density at radius 3 is 2.71 bits per heavy atom. The number of hydrogen-bond donors (Lipinski definition) is 0. The van der Waals surface area contributed by atoms with Crippen molar-refractivity contribution in [3.63, 3.8) is 0 Å². The molecule has 2 amide bonds. The zero-order valence-electron chi connectivity index (χ0n) is 19.6. The van der Waals surface area contributed by atoms with Crippen molar-refractivity contribution in [1.29, 1.82) is 0 Å². The van der Waals surface area contributed by atoms with Gasteiger partial charge < -0.3 is 14.7 Å². The number of aromatic nitrogens is 1. The third-order valence-corrected chi connectivity index (χ3v) is 8.14. The van der Waals surface area contributed by atoms with Crippen molar-refractivity contribution >= 4 is 23.2 Å². The lowest BCUT2D eigenvalue weighted by Gasteiger charge is -2.52. The maximum absolute atomic E-state index is 13.6. The number of pyridine rings is 1. The Balaban J connectivity index is 1.20. The first-order valence-corrected chi connectivity index (χ1v) is 12.7. The van der Waals surface area contributed by atoms with E-state index >= 15 is 0 Å². The summed E-state index contributed by atoms with van der Waals surface area (Å²) in [6.45, 7) is 3.94. The molecule has 4 aliphatic heterocycles. The first-order valence-electron chi connectivity index (χ1n) is 12.7. The fourth-order valence-corrected chi connectivity index (χ4v) is 6.54. The average Bonchev–Trinajstić information content (AvgIpc) is 2.89. The minimum Gasteiger partial charge on any atom is -0.355 e. The molecule has 2 bridgehead atoms. The molecule has 0 N–H and O–H groups in total. The summed E-state index contributed by atoms with van der Waals surface area (Å²) in [6.07, 6.45) is 8.85. The van der Waals surface area contributed by atoms with Gasteiger partial charge in [-0.15, -0.1) is 0 Å². The fourth-order valence-electron chi connectivity index (χ4n) is 6.54. The highest BCUT2D eigenvalue weighted by molar-refractivity contribution is 5.99. The molecule has 34 heavy (non-hydrogen) atoms. The molecule has 0 saturated carbocycles. The number of piperidine rings is 3. The zero-order valence-corrected chi connectivity index (χ0v) is 19.6. The number of fused-ring (bicyclic) bond motifs is 4. The molecule has 3 saturated heterocycles. The van der Waals surface area contributed by atoms with Gasteiger partial charge in [0.1, 0.15) is 5.82 Å². The van der Waals surface area contributed by atoms with Crippen LogP contribution in [-0.2, 0) is 4.79 Å². The second-order valence-electron chi connectivity index (χ2n) is 10.2. The van der Waals surface area contributed by atoms with E-state index < -0.39 is 0 Å². The van der Waals surface area contributed by atoms with Crippen LogP contribution < -0.4 is 4.90 Å². The van der Waals surface area contributed by atoms with Crippen LogP contribution >= 0.6 is 0 Å². The number of benzene rings is 1. The highest BCUT2D eigenvalue weighted by Gasteiger charge is 2.44. The van der Waals surface area contributed by atoms with Crippen LogP contribution in [0.1, 0.15) is 48.0 Å². The quantitative estimate of drug-likeness (QED) is 0.704. The van der Waals surface area contributed by atoms with Crippen LogP contribution in [0, 0.1) is 11.8 Å². The molecule has 0 radical (unpaired) electrons. The summed E-state index contributed by atoms with van der Waals surface area (Å²) >= 11 is 0. The van der Waals surface area contributed by atoms with E-state index in [4.69, 9.17) is 4.98 Å². The van der Waals surface area contributed by atoms with Crippen LogP contribution in [0.4, 0.5) is 5.82 Å². The van der Waals surface area contributed by atoms with Crippen molar-refractivity contribution in [2.24, 2.45) is 11.8 Å². The first-order chi connectivity index (χ1) is 16.7. The van der Waals surface area contributed by atoms with E-state index in [9.17, 15) is 9.59 Å². The van der Waals surface area contributed by atoms with Crippen molar-refractivity contribution in [3.8, 4) is 0 Å². The number of anilines is 1. The van der Waals surface area contributed by atoms with Gasteiger partial charge in [-0.25, -0.2) is 4.98 Å². The molecule has 3 atom stereocenters. The maximum Gasteiger partial charge on any atom is 0.257 e. The Labute approximate surface area is 201 Å². The molecular weight excluding hydrogens is 424 g/mol. The van der Waals surface area contributed by atoms with Crippen LogP contribution in [0.15, 0.2) is 54.7 Å². The molecule has 6 rings (SSSR count). The van der Waals surface area contributed by atoms with Gasteiger partial charge in [0.25, 0.3) is 5.91 Å². The predicted octanol–water partition coefficient (Wildman–Crippen LogP) is 3.85. The molecule has 2 unspecified atom stereocenters. The maximum atomic E-state index is 13.6. The fraction of sp³-hybridized carbons (Fsp3) is 0.464. The Bertz CT molecular complexity index is 1110. The van der Waals surface area contributed by atoms with Gasteiger partial charge in [0.05, 0.1) is 5.56 Å². The summed E-state index contributed by atoms with van der Waals surface area (Å²) < 4.78 is 0. The van der Waals surface area contributed by atoms with Crippen molar-refractivity contribution in [3.05, 3.63) is 65.9 Å². The summed E-state index contributed by atoms with van der Waals surface area (Å²) in [5, 5.41) is 0. The molecule has 1 aromatic heterocycles. The Hall–Kier alpha value is -3.15. The van der Waals surface area contributed by atoms with Gasteiger partial charge in [-0.3, -0.25) is 9.59 Å². The van der Waals surface area contributed by atoms with Crippen molar-refractivity contribution in [2.75, 3.05) is 37.6 Å². The monoisotopic (exact) mass is 456 g/mol. The van der Waals surface area contributed by atoms with Gasteiger partial charge >= 0.3 is 0 Å². The largest absolute Gasteiger partial charge is 0.355 e. The van der Waals surface area contributed by atoms with Crippen LogP contribution in [-0.4, -0.2) is 65.4 Å². The predicted molar refractivity (Wildman–Crippen MR) is 132 cm³/mol. The number of nitrogens with zero attached hydrogens (tertiary/aromatic N) is 4. The van der Waals surface area contributed by atoms with Crippen LogP contribution in [0.25, 0.3) is 5.57 Å². The van der Waals surface area contributed by atoms with E-state index in [2.05, 4.69) is 40.1 Å². The highest BCUT2D eigenvalue weighted by Crippen LogP contribution is 2.39. The standard InChI is InChI=1S/C28H32N4O2/c33-26-10-4-9-25-23-16-20(18-32(25)26)17-31(19-23)27-24(8-5-13-29-27)28(34)30-14-11-22(12-15-30)21-6-2-1-3-7-21/h1-3,5-8,11,13,20,23,25H,4,9-10,12,14-19H2/t20?,23?,25-/m1/s1. The first kappa shape index (κ1) is 21.4. The molecule has 0 aliphatic carbocycles. The Morgan fingerprint density at radius 2 is 1.88 bits per heavy atom. The molecule has 3 fully saturated rings. The van der Waals surface area contributed by atoms with Gasteiger partial charge in [0, 0.05) is 51.4 Å². The topological polar surface area (TPSA) is 56.8 Å². The molecule has 2 aromatic rings. The zero-order chi connectivity index (χ0) is 23.1. The van der Waals surface area contributed by atoms with Crippen molar-refractivity contribution in [2.45, 2.75) is 38.1 Å². The lowest BCUT2D eigenvalue weighted by Crippen LogP contribution is -2.60. The summed E-state index contributed by atoms with van der Waals surface area (Å²) in [6, 6.07) is 14.6. The summed E-state index contributed by atoms with van der Waals surface area (Å²) in [7, 11) is 0. The minimum atomic E-state index is 0.0664. The van der Waals surface area contributed by atoms with E-state index in [1.807, 2.05) is 23.1 Å². The molecular formula is C28H32N4O2. The van der Waals surface area contributed by atoms with Crippen LogP contribution in [0.2, 0.25) is 0 Å². The number of carbonyl (C=O) groups is 2.